The Hall–Kier alpha value is -2.84. The number of fused-ring (bicyclic) bond motifs is 1. The number of carbonyl (C=O) groups excluding carboxylic acids is 1. The lowest BCUT2D eigenvalue weighted by molar-refractivity contribution is -0.141. The van der Waals surface area contributed by atoms with Crippen molar-refractivity contribution in [2.45, 2.75) is 25.1 Å². The second kappa shape index (κ2) is 6.15. The molecular weight excluding hydrogens is 347 g/mol. The summed E-state index contributed by atoms with van der Waals surface area (Å²) in [6.07, 6.45) is 1.53. The Bertz CT molecular complexity index is 904. The molecule has 1 saturated heterocycles. The lowest BCUT2D eigenvalue weighted by atomic mass is 10.1. The van der Waals surface area contributed by atoms with Crippen molar-refractivity contribution in [3.05, 3.63) is 54.2 Å². The van der Waals surface area contributed by atoms with Crippen LogP contribution < -0.4 is 0 Å². The predicted octanol–water partition coefficient (Wildman–Crippen LogP) is 3.03. The van der Waals surface area contributed by atoms with E-state index in [1.165, 1.54) is 10.9 Å². The molecule has 0 atom stereocenters. The van der Waals surface area contributed by atoms with E-state index in [9.17, 15) is 18.0 Å². The Balaban J connectivity index is 1.43. The molecule has 1 aliphatic rings. The van der Waals surface area contributed by atoms with E-state index in [0.29, 0.717) is 37.3 Å². The number of halogens is 3. The summed E-state index contributed by atoms with van der Waals surface area (Å²) in [5, 5.41) is 3.63. The SMILES string of the molecule is O=C(c1cn2ccccc2n1)N1CCC(n2ccc(C(F)(F)F)n2)CC1. The molecule has 0 saturated carbocycles. The Morgan fingerprint density at radius 2 is 1.88 bits per heavy atom. The molecular formula is C17H16F3N5O. The fourth-order valence-electron chi connectivity index (χ4n) is 3.23. The molecule has 1 aliphatic heterocycles. The van der Waals surface area contributed by atoms with E-state index in [1.54, 1.807) is 15.5 Å². The van der Waals surface area contributed by atoms with Gasteiger partial charge < -0.3 is 9.30 Å². The second-order valence-electron chi connectivity index (χ2n) is 6.29. The molecule has 0 radical (unpaired) electrons. The Labute approximate surface area is 146 Å². The van der Waals surface area contributed by atoms with E-state index in [-0.39, 0.29) is 11.9 Å². The van der Waals surface area contributed by atoms with Crippen LogP contribution in [0, 0.1) is 0 Å². The van der Waals surface area contributed by atoms with Crippen LogP contribution in [-0.2, 0) is 6.18 Å². The van der Waals surface area contributed by atoms with Gasteiger partial charge >= 0.3 is 6.18 Å². The molecule has 3 aromatic heterocycles. The summed E-state index contributed by atoms with van der Waals surface area (Å²) in [5.74, 6) is -0.163. The summed E-state index contributed by atoms with van der Waals surface area (Å²) < 4.78 is 41.2. The van der Waals surface area contributed by atoms with Crippen LogP contribution in [-0.4, -0.2) is 43.1 Å². The normalized spacial score (nSPS) is 16.3. The highest BCUT2D eigenvalue weighted by molar-refractivity contribution is 5.93. The molecule has 4 heterocycles. The number of pyridine rings is 1. The Morgan fingerprint density at radius 1 is 1.12 bits per heavy atom. The molecule has 6 nitrogen and oxygen atoms in total. The number of piperidine rings is 1. The average Bonchev–Trinajstić information content (AvgIpc) is 3.28. The van der Waals surface area contributed by atoms with Gasteiger partial charge in [-0.2, -0.15) is 18.3 Å². The first-order chi connectivity index (χ1) is 12.4. The van der Waals surface area contributed by atoms with Crippen LogP contribution in [0.3, 0.4) is 0 Å². The van der Waals surface area contributed by atoms with Gasteiger partial charge in [0, 0.05) is 31.7 Å². The van der Waals surface area contributed by atoms with Crippen molar-refractivity contribution in [2.24, 2.45) is 0 Å². The quantitative estimate of drug-likeness (QED) is 0.703. The summed E-state index contributed by atoms with van der Waals surface area (Å²) in [5.41, 5.74) is 0.177. The van der Waals surface area contributed by atoms with E-state index in [1.807, 2.05) is 24.4 Å². The van der Waals surface area contributed by atoms with Crippen molar-refractivity contribution < 1.29 is 18.0 Å². The zero-order chi connectivity index (χ0) is 18.3. The number of aromatic nitrogens is 4. The highest BCUT2D eigenvalue weighted by Crippen LogP contribution is 2.29. The fraction of sp³-hybridized carbons (Fsp3) is 0.353. The van der Waals surface area contributed by atoms with Crippen molar-refractivity contribution in [1.29, 1.82) is 0 Å². The number of hydrogen-bond acceptors (Lipinski definition) is 3. The maximum absolute atomic E-state index is 12.7. The third-order valence-electron chi connectivity index (χ3n) is 4.61. The highest BCUT2D eigenvalue weighted by atomic mass is 19.4. The molecule has 0 N–H and O–H groups in total. The van der Waals surface area contributed by atoms with Crippen molar-refractivity contribution in [2.75, 3.05) is 13.1 Å². The van der Waals surface area contributed by atoms with Crippen molar-refractivity contribution in [3.8, 4) is 0 Å². The first kappa shape index (κ1) is 16.6. The van der Waals surface area contributed by atoms with Crippen LogP contribution in [0.15, 0.2) is 42.9 Å². The summed E-state index contributed by atoms with van der Waals surface area (Å²) in [7, 11) is 0. The standard InChI is InChI=1S/C17H16F3N5O/c18-17(19,20)14-6-10-25(22-14)12-4-8-23(9-5-12)16(26)13-11-24-7-2-1-3-15(24)21-13/h1-3,6-7,10-12H,4-5,8-9H2. The third-order valence-corrected chi connectivity index (χ3v) is 4.61. The first-order valence-electron chi connectivity index (χ1n) is 8.27. The average molecular weight is 363 g/mol. The van der Waals surface area contributed by atoms with Crippen molar-refractivity contribution in [3.63, 3.8) is 0 Å². The molecule has 0 aromatic carbocycles. The summed E-state index contributed by atoms with van der Waals surface area (Å²) >= 11 is 0. The number of rotatable bonds is 2. The molecule has 0 unspecified atom stereocenters. The zero-order valence-electron chi connectivity index (χ0n) is 13.7. The largest absolute Gasteiger partial charge is 0.435 e. The molecule has 0 bridgehead atoms. The maximum atomic E-state index is 12.7. The Morgan fingerprint density at radius 3 is 2.54 bits per heavy atom. The lowest BCUT2D eigenvalue weighted by Crippen LogP contribution is -2.39. The molecule has 0 spiro atoms. The first-order valence-corrected chi connectivity index (χ1v) is 8.27. The smallest absolute Gasteiger partial charge is 0.337 e. The molecule has 4 rings (SSSR count). The van der Waals surface area contributed by atoms with Gasteiger partial charge in [-0.1, -0.05) is 6.07 Å². The lowest BCUT2D eigenvalue weighted by Gasteiger charge is -2.31. The van der Waals surface area contributed by atoms with E-state index in [0.717, 1.165) is 6.07 Å². The summed E-state index contributed by atoms with van der Waals surface area (Å²) in [4.78, 5) is 18.6. The van der Waals surface area contributed by atoms with E-state index in [4.69, 9.17) is 0 Å². The van der Waals surface area contributed by atoms with Gasteiger partial charge in [0.1, 0.15) is 11.3 Å². The third kappa shape index (κ3) is 3.04. The maximum Gasteiger partial charge on any atom is 0.435 e. The monoisotopic (exact) mass is 363 g/mol. The van der Waals surface area contributed by atoms with Gasteiger partial charge in [0.05, 0.1) is 6.04 Å². The predicted molar refractivity (Wildman–Crippen MR) is 86.6 cm³/mol. The van der Waals surface area contributed by atoms with E-state index in [2.05, 4.69) is 10.1 Å². The van der Waals surface area contributed by atoms with E-state index >= 15 is 0 Å². The topological polar surface area (TPSA) is 55.4 Å². The molecule has 136 valence electrons. The number of amides is 1. The fourth-order valence-corrected chi connectivity index (χ4v) is 3.23. The molecule has 26 heavy (non-hydrogen) atoms. The number of imidazole rings is 1. The van der Waals surface area contributed by atoms with E-state index < -0.39 is 11.9 Å². The molecule has 3 aromatic rings. The minimum absolute atomic E-state index is 0.142. The number of nitrogens with zero attached hydrogens (tertiary/aromatic N) is 5. The zero-order valence-corrected chi connectivity index (χ0v) is 13.7. The molecule has 1 fully saturated rings. The summed E-state index contributed by atoms with van der Waals surface area (Å²) in [6.45, 7) is 0.914. The van der Waals surface area contributed by atoms with Crippen LogP contribution >= 0.6 is 0 Å². The molecule has 9 heteroatoms. The van der Waals surface area contributed by atoms with Crippen molar-refractivity contribution >= 4 is 11.6 Å². The van der Waals surface area contributed by atoms with Crippen LogP contribution in [0.25, 0.3) is 5.65 Å². The van der Waals surface area contributed by atoms with Crippen LogP contribution in [0.5, 0.6) is 0 Å². The van der Waals surface area contributed by atoms with Gasteiger partial charge in [0.25, 0.3) is 5.91 Å². The number of carbonyl (C=O) groups is 1. The van der Waals surface area contributed by atoms with Gasteiger partial charge in [0.2, 0.25) is 0 Å². The van der Waals surface area contributed by atoms with Gasteiger partial charge in [-0.15, -0.1) is 0 Å². The van der Waals surface area contributed by atoms with Gasteiger partial charge in [-0.05, 0) is 31.0 Å². The van der Waals surface area contributed by atoms with Crippen LogP contribution in [0.2, 0.25) is 0 Å². The van der Waals surface area contributed by atoms with Crippen molar-refractivity contribution in [1.82, 2.24) is 24.1 Å². The Kier molecular flexibility index (Phi) is 3.93. The van der Waals surface area contributed by atoms with Crippen LogP contribution in [0.1, 0.15) is 35.1 Å². The van der Waals surface area contributed by atoms with Gasteiger partial charge in [0.15, 0.2) is 5.69 Å². The van der Waals surface area contributed by atoms with Gasteiger partial charge in [-0.3, -0.25) is 9.48 Å². The molecule has 1 amide bonds. The number of likely N-dealkylation sites (tertiary alicyclic amines) is 1. The second-order valence-corrected chi connectivity index (χ2v) is 6.29. The number of alkyl halides is 3. The highest BCUT2D eigenvalue weighted by Gasteiger charge is 2.34. The minimum Gasteiger partial charge on any atom is -0.337 e. The molecule has 0 aliphatic carbocycles. The number of hydrogen-bond donors (Lipinski definition) is 0. The van der Waals surface area contributed by atoms with Crippen LogP contribution in [0.4, 0.5) is 13.2 Å². The minimum atomic E-state index is -4.44. The summed E-state index contributed by atoms with van der Waals surface area (Å²) in [6, 6.07) is 6.36. The van der Waals surface area contributed by atoms with Gasteiger partial charge in [-0.25, -0.2) is 4.98 Å².